The van der Waals surface area contributed by atoms with Crippen molar-refractivity contribution >= 4 is 28.6 Å². The maximum atomic E-state index is 11.5. The van der Waals surface area contributed by atoms with E-state index >= 15 is 0 Å². The Kier molecular flexibility index (Phi) is 6.61. The topological polar surface area (TPSA) is 73.7 Å². The minimum atomic E-state index is -0.429. The quantitative estimate of drug-likeness (QED) is 0.430. The number of nitrogens with zero attached hydrogens (tertiary/aromatic N) is 1. The van der Waals surface area contributed by atoms with Crippen LogP contribution in [0.3, 0.4) is 0 Å². The first-order valence-electron chi connectivity index (χ1n) is 11.8. The number of thiophene rings is 1. The third-order valence-corrected chi connectivity index (χ3v) is 7.48. The summed E-state index contributed by atoms with van der Waals surface area (Å²) in [5, 5.41) is 20.8. The molecule has 1 aromatic heterocycles. The molecule has 2 aromatic carbocycles. The highest BCUT2D eigenvalue weighted by atomic mass is 32.1. The fraction of sp³-hybridized carbons (Fsp3) is 0.286. The van der Waals surface area contributed by atoms with Crippen LogP contribution in [0, 0.1) is 5.92 Å². The largest absolute Gasteiger partial charge is 0.389 e. The fourth-order valence-corrected chi connectivity index (χ4v) is 5.50. The van der Waals surface area contributed by atoms with Crippen molar-refractivity contribution in [2.24, 2.45) is 11.0 Å². The monoisotopic (exact) mass is 471 g/mol. The summed E-state index contributed by atoms with van der Waals surface area (Å²) < 4.78 is 0. The average Bonchev–Trinajstić information content (AvgIpc) is 3.38. The number of carbonyl (C=O) groups is 1. The summed E-state index contributed by atoms with van der Waals surface area (Å²) in [6.07, 6.45) is 3.45. The van der Waals surface area contributed by atoms with E-state index in [1.807, 2.05) is 31.2 Å². The Morgan fingerprint density at radius 1 is 1.12 bits per heavy atom. The third kappa shape index (κ3) is 4.98. The molecule has 1 amide bonds. The number of hydrazone groups is 1. The summed E-state index contributed by atoms with van der Waals surface area (Å²) in [4.78, 5) is 12.8. The van der Waals surface area contributed by atoms with Crippen LogP contribution in [0.5, 0.6) is 0 Å². The Labute approximate surface area is 204 Å². The van der Waals surface area contributed by atoms with Crippen molar-refractivity contribution in [3.8, 4) is 10.4 Å². The Morgan fingerprint density at radius 2 is 1.97 bits per heavy atom. The van der Waals surface area contributed by atoms with E-state index in [1.165, 1.54) is 16.0 Å². The van der Waals surface area contributed by atoms with Crippen molar-refractivity contribution in [2.45, 2.75) is 45.1 Å². The van der Waals surface area contributed by atoms with Gasteiger partial charge < -0.3 is 10.4 Å². The number of aliphatic hydroxyl groups excluding tert-OH is 1. The lowest BCUT2D eigenvalue weighted by Gasteiger charge is -2.27. The van der Waals surface area contributed by atoms with Crippen LogP contribution in [0.25, 0.3) is 10.4 Å². The van der Waals surface area contributed by atoms with Crippen LogP contribution in [0.15, 0.2) is 82.4 Å². The number of hydrogen-bond donors (Lipinski definition) is 3. The lowest BCUT2D eigenvalue weighted by Crippen LogP contribution is -2.31. The average molecular weight is 472 g/mol. The molecule has 34 heavy (non-hydrogen) atoms. The summed E-state index contributed by atoms with van der Waals surface area (Å²) in [7, 11) is 0. The smallest absolute Gasteiger partial charge is 0.240 e. The molecule has 2 unspecified atom stereocenters. The van der Waals surface area contributed by atoms with Crippen LogP contribution in [-0.2, 0) is 11.2 Å². The molecule has 6 heteroatoms. The highest BCUT2D eigenvalue weighted by molar-refractivity contribution is 7.13. The van der Waals surface area contributed by atoms with Gasteiger partial charge in [-0.2, -0.15) is 5.10 Å². The molecule has 3 aromatic rings. The van der Waals surface area contributed by atoms with Gasteiger partial charge in [0, 0.05) is 28.6 Å². The molecule has 0 fully saturated rings. The van der Waals surface area contributed by atoms with Crippen molar-refractivity contribution in [2.75, 3.05) is 5.32 Å². The number of rotatable bonds is 6. The molecule has 5 nitrogen and oxygen atoms in total. The maximum absolute atomic E-state index is 11.5. The molecule has 0 saturated heterocycles. The van der Waals surface area contributed by atoms with E-state index < -0.39 is 6.10 Å². The van der Waals surface area contributed by atoms with Gasteiger partial charge in [-0.25, -0.2) is 5.43 Å². The van der Waals surface area contributed by atoms with Gasteiger partial charge in [-0.1, -0.05) is 49.4 Å². The molecule has 2 aliphatic rings. The summed E-state index contributed by atoms with van der Waals surface area (Å²) in [6, 6.07) is 21.0. The van der Waals surface area contributed by atoms with Crippen molar-refractivity contribution < 1.29 is 9.90 Å². The number of nitrogens with one attached hydrogen (secondary N) is 2. The van der Waals surface area contributed by atoms with Gasteiger partial charge in [-0.3, -0.25) is 4.79 Å². The molecule has 0 saturated carbocycles. The van der Waals surface area contributed by atoms with Gasteiger partial charge in [-0.15, -0.1) is 11.3 Å². The zero-order valence-electron chi connectivity index (χ0n) is 19.3. The van der Waals surface area contributed by atoms with Gasteiger partial charge in [-0.05, 0) is 71.5 Å². The molecule has 1 aliphatic heterocycles. The minimum absolute atomic E-state index is 0.0363. The molecule has 2 heterocycles. The first-order chi connectivity index (χ1) is 16.6. The van der Waals surface area contributed by atoms with Crippen LogP contribution >= 0.6 is 11.3 Å². The number of anilines is 1. The first kappa shape index (κ1) is 22.6. The number of allylic oxidation sites excluding steroid dienone is 1. The molecule has 0 bridgehead atoms. The highest BCUT2D eigenvalue weighted by Gasteiger charge is 2.23. The summed E-state index contributed by atoms with van der Waals surface area (Å²) in [6.45, 7) is 2.03. The van der Waals surface area contributed by atoms with Crippen LogP contribution in [0.4, 0.5) is 5.69 Å². The van der Waals surface area contributed by atoms with Crippen LogP contribution < -0.4 is 10.7 Å². The number of amides is 1. The van der Waals surface area contributed by atoms with E-state index in [4.69, 9.17) is 0 Å². The van der Waals surface area contributed by atoms with E-state index in [9.17, 15) is 9.90 Å². The molecular weight excluding hydrogens is 442 g/mol. The maximum Gasteiger partial charge on any atom is 0.240 e. The van der Waals surface area contributed by atoms with Crippen molar-refractivity contribution in [1.29, 1.82) is 0 Å². The molecule has 5 rings (SSSR count). The summed E-state index contributed by atoms with van der Waals surface area (Å²) in [5.74, 6) is 0.0612. The van der Waals surface area contributed by atoms with Crippen LogP contribution in [0.1, 0.15) is 43.7 Å². The predicted molar refractivity (Wildman–Crippen MR) is 139 cm³/mol. The Balaban J connectivity index is 1.36. The normalized spacial score (nSPS) is 20.6. The molecule has 2 atom stereocenters. The third-order valence-electron chi connectivity index (χ3n) is 6.56. The van der Waals surface area contributed by atoms with Crippen molar-refractivity contribution in [3.05, 3.63) is 88.4 Å². The fourth-order valence-electron chi connectivity index (χ4n) is 4.77. The van der Waals surface area contributed by atoms with Crippen molar-refractivity contribution in [1.82, 2.24) is 5.43 Å². The Bertz CT molecular complexity index is 1230. The minimum Gasteiger partial charge on any atom is -0.389 e. The molecular formula is C28H29N3O2S. The van der Waals surface area contributed by atoms with Gasteiger partial charge in [0.05, 0.1) is 11.8 Å². The molecule has 174 valence electrons. The van der Waals surface area contributed by atoms with Gasteiger partial charge in [0.25, 0.3) is 0 Å². The Hall–Kier alpha value is -3.22. The number of hydrogen-bond acceptors (Lipinski definition) is 5. The second-order valence-electron chi connectivity index (χ2n) is 9.11. The number of aliphatic hydroxyl groups is 1. The lowest BCUT2D eigenvalue weighted by molar-refractivity contribution is -0.121. The van der Waals surface area contributed by atoms with Gasteiger partial charge in [0.1, 0.15) is 0 Å². The number of carbonyl (C=O) groups excluding carboxylic acids is 1. The predicted octanol–water partition coefficient (Wildman–Crippen LogP) is 5.73. The lowest BCUT2D eigenvalue weighted by atomic mass is 9.88. The van der Waals surface area contributed by atoms with Crippen LogP contribution in [0.2, 0.25) is 0 Å². The van der Waals surface area contributed by atoms with E-state index in [0.29, 0.717) is 6.42 Å². The van der Waals surface area contributed by atoms with Gasteiger partial charge >= 0.3 is 0 Å². The van der Waals surface area contributed by atoms with Gasteiger partial charge in [0.2, 0.25) is 5.91 Å². The second-order valence-corrected chi connectivity index (χ2v) is 10.1. The van der Waals surface area contributed by atoms with Crippen LogP contribution in [-0.4, -0.2) is 22.8 Å². The molecule has 0 radical (unpaired) electrons. The van der Waals surface area contributed by atoms with E-state index in [1.54, 1.807) is 11.3 Å². The SMILES string of the molecule is CC1CC(=O)NN=C1c1ccc(NC2=C(Cc3cccc(-c4cccs4)c3)C(O)CCC2)cc1. The Morgan fingerprint density at radius 3 is 2.74 bits per heavy atom. The standard InChI is InChI=1S/C28H29N3O2S/c1-18-15-27(33)30-31-28(18)20-10-12-22(13-11-20)29-24-7-3-8-25(32)23(24)17-19-5-2-6-21(16-19)26-9-4-14-34-26/h2,4-6,9-14,16,18,25,29,32H,3,7-8,15,17H2,1H3,(H,30,33). The molecule has 1 aliphatic carbocycles. The zero-order valence-corrected chi connectivity index (χ0v) is 20.1. The van der Waals surface area contributed by atoms with E-state index in [0.717, 1.165) is 53.9 Å². The first-order valence-corrected chi connectivity index (χ1v) is 12.7. The zero-order chi connectivity index (χ0) is 23.5. The van der Waals surface area contributed by atoms with Crippen molar-refractivity contribution in [3.63, 3.8) is 0 Å². The molecule has 3 N–H and O–H groups in total. The molecule has 0 spiro atoms. The highest BCUT2D eigenvalue weighted by Crippen LogP contribution is 2.31. The number of benzene rings is 2. The summed E-state index contributed by atoms with van der Waals surface area (Å²) in [5.41, 5.74) is 10.1. The van der Waals surface area contributed by atoms with E-state index in [-0.39, 0.29) is 11.8 Å². The van der Waals surface area contributed by atoms with E-state index in [2.05, 4.69) is 57.6 Å². The second kappa shape index (κ2) is 9.95. The van der Waals surface area contributed by atoms with Gasteiger partial charge in [0.15, 0.2) is 0 Å². The summed E-state index contributed by atoms with van der Waals surface area (Å²) >= 11 is 1.74.